The molecule has 0 amide bonds. The Bertz CT molecular complexity index is 492. The highest BCUT2D eigenvalue weighted by molar-refractivity contribution is 5.73. The first-order valence-corrected chi connectivity index (χ1v) is 4.92. The van der Waals surface area contributed by atoms with Gasteiger partial charge in [-0.15, -0.1) is 5.10 Å². The number of carboxylic acid groups (broad SMARTS) is 1. The van der Waals surface area contributed by atoms with Gasteiger partial charge in [-0.3, -0.25) is 4.79 Å². The third kappa shape index (κ3) is 2.88. The van der Waals surface area contributed by atoms with Gasteiger partial charge in [-0.1, -0.05) is 10.4 Å². The molecule has 2 aromatic rings. The molecule has 1 atom stereocenters. The number of nitrogens with two attached hydrogens (primary N) is 1. The van der Waals surface area contributed by atoms with Crippen LogP contribution in [0.5, 0.6) is 0 Å². The Morgan fingerprint density at radius 1 is 1.65 bits per heavy atom. The molecule has 8 heteroatoms. The largest absolute Gasteiger partial charge is 0.480 e. The van der Waals surface area contributed by atoms with E-state index in [0.717, 1.165) is 0 Å². The van der Waals surface area contributed by atoms with Gasteiger partial charge in [0.2, 0.25) is 0 Å². The van der Waals surface area contributed by atoms with Crippen molar-refractivity contribution in [3.8, 4) is 0 Å². The van der Waals surface area contributed by atoms with Gasteiger partial charge in [0, 0.05) is 18.7 Å². The Balaban J connectivity index is 1.98. The molecule has 0 aliphatic rings. The molecule has 17 heavy (non-hydrogen) atoms. The second kappa shape index (κ2) is 4.74. The van der Waals surface area contributed by atoms with Gasteiger partial charge in [0.1, 0.15) is 12.6 Å². The normalized spacial score (nSPS) is 12.5. The van der Waals surface area contributed by atoms with E-state index in [-0.39, 0.29) is 6.42 Å². The smallest absolute Gasteiger partial charge is 0.320 e. The topological polar surface area (TPSA) is 120 Å². The lowest BCUT2D eigenvalue weighted by atomic mass is 10.2. The van der Waals surface area contributed by atoms with Gasteiger partial charge >= 0.3 is 5.97 Å². The standard InChI is InChI=1S/C9H11N5O3/c10-8(9(15)16)3-6-4-14(13-12-6)5-7-1-2-11-17-7/h1-2,4,8H,3,5,10H2,(H,15,16). The fourth-order valence-corrected chi connectivity index (χ4v) is 1.31. The van der Waals surface area contributed by atoms with E-state index < -0.39 is 12.0 Å². The van der Waals surface area contributed by atoms with Crippen LogP contribution < -0.4 is 5.73 Å². The first kappa shape index (κ1) is 11.3. The molecule has 8 nitrogen and oxygen atoms in total. The minimum absolute atomic E-state index is 0.145. The monoisotopic (exact) mass is 237 g/mol. The van der Waals surface area contributed by atoms with Crippen molar-refractivity contribution in [1.29, 1.82) is 0 Å². The van der Waals surface area contributed by atoms with Crippen LogP contribution in [0, 0.1) is 0 Å². The van der Waals surface area contributed by atoms with Crippen molar-refractivity contribution >= 4 is 5.97 Å². The van der Waals surface area contributed by atoms with Crippen LogP contribution in [0.15, 0.2) is 23.0 Å². The second-order valence-electron chi connectivity index (χ2n) is 3.54. The zero-order chi connectivity index (χ0) is 12.3. The minimum Gasteiger partial charge on any atom is -0.480 e. The number of hydrogen-bond donors (Lipinski definition) is 2. The van der Waals surface area contributed by atoms with E-state index in [1.54, 1.807) is 12.3 Å². The van der Waals surface area contributed by atoms with Crippen molar-refractivity contribution in [1.82, 2.24) is 20.2 Å². The molecule has 0 radical (unpaired) electrons. The van der Waals surface area contributed by atoms with Crippen molar-refractivity contribution in [3.63, 3.8) is 0 Å². The van der Waals surface area contributed by atoms with E-state index in [9.17, 15) is 4.79 Å². The lowest BCUT2D eigenvalue weighted by molar-refractivity contribution is -0.138. The van der Waals surface area contributed by atoms with Crippen molar-refractivity contribution in [2.24, 2.45) is 5.73 Å². The zero-order valence-electron chi connectivity index (χ0n) is 8.85. The van der Waals surface area contributed by atoms with Crippen molar-refractivity contribution < 1.29 is 14.4 Å². The molecule has 90 valence electrons. The predicted octanol–water partition coefficient (Wildman–Crippen LogP) is -0.731. The third-order valence-corrected chi connectivity index (χ3v) is 2.14. The van der Waals surface area contributed by atoms with Crippen LogP contribution in [0.2, 0.25) is 0 Å². The molecule has 0 aliphatic carbocycles. The van der Waals surface area contributed by atoms with Crippen LogP contribution in [-0.4, -0.2) is 37.3 Å². The lowest BCUT2D eigenvalue weighted by Crippen LogP contribution is -2.32. The maximum absolute atomic E-state index is 10.6. The average Bonchev–Trinajstić information content (AvgIpc) is 2.91. The summed E-state index contributed by atoms with van der Waals surface area (Å²) in [5.41, 5.74) is 5.92. The number of nitrogens with zero attached hydrogens (tertiary/aromatic N) is 4. The summed E-state index contributed by atoms with van der Waals surface area (Å²) < 4.78 is 6.44. The van der Waals surface area contributed by atoms with Gasteiger partial charge in [-0.05, 0) is 0 Å². The van der Waals surface area contributed by atoms with Crippen molar-refractivity contribution in [3.05, 3.63) is 29.9 Å². The fraction of sp³-hybridized carbons (Fsp3) is 0.333. The third-order valence-electron chi connectivity index (χ3n) is 2.14. The highest BCUT2D eigenvalue weighted by atomic mass is 16.5. The second-order valence-corrected chi connectivity index (χ2v) is 3.54. The number of aromatic nitrogens is 4. The molecule has 0 spiro atoms. The number of hydrogen-bond acceptors (Lipinski definition) is 6. The Hall–Kier alpha value is -2.22. The van der Waals surface area contributed by atoms with Gasteiger partial charge in [-0.2, -0.15) is 0 Å². The summed E-state index contributed by atoms with van der Waals surface area (Å²) in [6.07, 6.45) is 3.31. The summed E-state index contributed by atoms with van der Waals surface area (Å²) in [5.74, 6) is -0.418. The Morgan fingerprint density at radius 3 is 3.12 bits per heavy atom. The van der Waals surface area contributed by atoms with E-state index >= 15 is 0 Å². The number of rotatable bonds is 5. The maximum Gasteiger partial charge on any atom is 0.320 e. The van der Waals surface area contributed by atoms with Crippen LogP contribution in [0.4, 0.5) is 0 Å². The minimum atomic E-state index is -1.06. The summed E-state index contributed by atoms with van der Waals surface area (Å²) in [5, 5.41) is 19.9. The molecule has 0 fully saturated rings. The van der Waals surface area contributed by atoms with Crippen LogP contribution >= 0.6 is 0 Å². The molecule has 0 aliphatic heterocycles. The predicted molar refractivity (Wildman–Crippen MR) is 54.9 cm³/mol. The first-order chi connectivity index (χ1) is 8.15. The molecule has 0 saturated carbocycles. The molecule has 0 saturated heterocycles. The molecule has 2 aromatic heterocycles. The van der Waals surface area contributed by atoms with Crippen LogP contribution in [0.1, 0.15) is 11.5 Å². The lowest BCUT2D eigenvalue weighted by Gasteiger charge is -2.01. The molecule has 0 aromatic carbocycles. The molecule has 0 bridgehead atoms. The van der Waals surface area contributed by atoms with E-state index in [0.29, 0.717) is 18.0 Å². The van der Waals surface area contributed by atoms with E-state index in [4.69, 9.17) is 15.4 Å². The van der Waals surface area contributed by atoms with Crippen LogP contribution in [0.3, 0.4) is 0 Å². The number of carboxylic acids is 1. The van der Waals surface area contributed by atoms with Crippen LogP contribution in [-0.2, 0) is 17.8 Å². The van der Waals surface area contributed by atoms with Crippen LogP contribution in [0.25, 0.3) is 0 Å². The Labute approximate surface area is 96.0 Å². The highest BCUT2D eigenvalue weighted by Crippen LogP contribution is 2.02. The zero-order valence-corrected chi connectivity index (χ0v) is 8.85. The molecule has 2 heterocycles. The highest BCUT2D eigenvalue weighted by Gasteiger charge is 2.14. The van der Waals surface area contributed by atoms with Gasteiger partial charge < -0.3 is 15.4 Å². The maximum atomic E-state index is 10.6. The van der Waals surface area contributed by atoms with Gasteiger partial charge in [-0.25, -0.2) is 4.68 Å². The molecule has 1 unspecified atom stereocenters. The van der Waals surface area contributed by atoms with E-state index in [1.807, 2.05) is 0 Å². The van der Waals surface area contributed by atoms with E-state index in [2.05, 4.69) is 15.5 Å². The van der Waals surface area contributed by atoms with Crippen molar-refractivity contribution in [2.45, 2.75) is 19.0 Å². The Morgan fingerprint density at radius 2 is 2.47 bits per heavy atom. The molecule has 3 N–H and O–H groups in total. The summed E-state index contributed by atoms with van der Waals surface area (Å²) >= 11 is 0. The van der Waals surface area contributed by atoms with E-state index in [1.165, 1.54) is 10.9 Å². The molecular formula is C9H11N5O3. The van der Waals surface area contributed by atoms with Gasteiger partial charge in [0.05, 0.1) is 11.9 Å². The average molecular weight is 237 g/mol. The Kier molecular flexibility index (Phi) is 3.15. The first-order valence-electron chi connectivity index (χ1n) is 4.92. The number of aliphatic carboxylic acids is 1. The summed E-state index contributed by atoms with van der Waals surface area (Å²) in [6, 6.07) is 0.745. The quantitative estimate of drug-likeness (QED) is 0.703. The van der Waals surface area contributed by atoms with Gasteiger partial charge in [0.25, 0.3) is 0 Å². The number of carbonyl (C=O) groups is 1. The van der Waals surface area contributed by atoms with Crippen molar-refractivity contribution in [2.75, 3.05) is 0 Å². The fourth-order valence-electron chi connectivity index (χ4n) is 1.31. The molecule has 2 rings (SSSR count). The van der Waals surface area contributed by atoms with Gasteiger partial charge in [0.15, 0.2) is 5.76 Å². The summed E-state index contributed by atoms with van der Waals surface area (Å²) in [6.45, 7) is 0.398. The summed E-state index contributed by atoms with van der Waals surface area (Å²) in [4.78, 5) is 10.6. The molecular weight excluding hydrogens is 226 g/mol. The summed E-state index contributed by atoms with van der Waals surface area (Å²) in [7, 11) is 0. The SMILES string of the molecule is NC(Cc1cn(Cc2ccno2)nn1)C(=O)O.